The lowest BCUT2D eigenvalue weighted by molar-refractivity contribution is -0.121. The monoisotopic (exact) mass is 446 g/mol. The number of carbonyl (C=O) groups is 1. The lowest BCUT2D eigenvalue weighted by Gasteiger charge is -2.15. The predicted molar refractivity (Wildman–Crippen MR) is 124 cm³/mol. The highest BCUT2D eigenvalue weighted by Crippen LogP contribution is 2.17. The molecule has 0 bridgehead atoms. The molecule has 2 aromatic rings. The standard InChI is InChI=1S/C24H34N2O4S/c1-17(2)30-22-11-9-21(10-12-22)8-7-20(5)26-24(27)14-15-25-31(28,29)23-13-6-18(3)16-19(23)4/h6,9-13,16-17,20,25H,7-8,14-15H2,1-5H3,(H,26,27). The van der Waals surface area contributed by atoms with Gasteiger partial charge in [0, 0.05) is 19.0 Å². The smallest absolute Gasteiger partial charge is 0.240 e. The fraction of sp³-hybridized carbons (Fsp3) is 0.458. The van der Waals surface area contributed by atoms with Gasteiger partial charge in [-0.15, -0.1) is 0 Å². The van der Waals surface area contributed by atoms with Gasteiger partial charge in [0.05, 0.1) is 11.0 Å². The SMILES string of the molecule is Cc1ccc(S(=O)(=O)NCCC(=O)NC(C)CCc2ccc(OC(C)C)cc2)c(C)c1. The first-order valence-electron chi connectivity index (χ1n) is 10.7. The number of hydrogen-bond acceptors (Lipinski definition) is 4. The Hall–Kier alpha value is -2.38. The molecular weight excluding hydrogens is 412 g/mol. The molecule has 1 unspecified atom stereocenters. The molecule has 0 spiro atoms. The number of hydrogen-bond donors (Lipinski definition) is 2. The van der Waals surface area contributed by atoms with Crippen LogP contribution in [0.2, 0.25) is 0 Å². The summed E-state index contributed by atoms with van der Waals surface area (Å²) in [4.78, 5) is 12.4. The first kappa shape index (κ1) is 24.9. The van der Waals surface area contributed by atoms with E-state index in [1.165, 1.54) is 5.56 Å². The van der Waals surface area contributed by atoms with Crippen molar-refractivity contribution in [1.29, 1.82) is 0 Å². The molecule has 2 aromatic carbocycles. The molecule has 31 heavy (non-hydrogen) atoms. The van der Waals surface area contributed by atoms with Gasteiger partial charge in [-0.2, -0.15) is 0 Å². The molecule has 0 aliphatic heterocycles. The summed E-state index contributed by atoms with van der Waals surface area (Å²) in [5, 5.41) is 2.93. The second-order valence-electron chi connectivity index (χ2n) is 8.23. The van der Waals surface area contributed by atoms with Crippen LogP contribution < -0.4 is 14.8 Å². The molecule has 1 atom stereocenters. The number of ether oxygens (including phenoxy) is 1. The first-order valence-corrected chi connectivity index (χ1v) is 12.2. The molecular formula is C24H34N2O4S. The molecule has 2 N–H and O–H groups in total. The Labute approximate surface area is 186 Å². The Morgan fingerprint density at radius 1 is 1.03 bits per heavy atom. The summed E-state index contributed by atoms with van der Waals surface area (Å²) in [6.45, 7) is 9.68. The zero-order chi connectivity index (χ0) is 23.0. The maximum absolute atomic E-state index is 12.5. The number of aryl methyl sites for hydroxylation is 3. The van der Waals surface area contributed by atoms with Crippen LogP contribution in [-0.4, -0.2) is 33.0 Å². The minimum atomic E-state index is -3.63. The Morgan fingerprint density at radius 3 is 2.32 bits per heavy atom. The molecule has 7 heteroatoms. The molecule has 0 saturated heterocycles. The average Bonchev–Trinajstić information content (AvgIpc) is 2.66. The van der Waals surface area contributed by atoms with Crippen LogP contribution in [0.4, 0.5) is 0 Å². The van der Waals surface area contributed by atoms with Crippen molar-refractivity contribution in [2.24, 2.45) is 0 Å². The maximum Gasteiger partial charge on any atom is 0.240 e. The van der Waals surface area contributed by atoms with Gasteiger partial charge < -0.3 is 10.1 Å². The molecule has 0 aromatic heterocycles. The first-order chi connectivity index (χ1) is 14.6. The second kappa shape index (κ2) is 11.3. The Morgan fingerprint density at radius 2 is 1.71 bits per heavy atom. The van der Waals surface area contributed by atoms with E-state index in [4.69, 9.17) is 4.74 Å². The third-order valence-electron chi connectivity index (χ3n) is 4.83. The summed E-state index contributed by atoms with van der Waals surface area (Å²) in [5.41, 5.74) is 2.87. The minimum Gasteiger partial charge on any atom is -0.491 e. The quantitative estimate of drug-likeness (QED) is 0.548. The van der Waals surface area contributed by atoms with Crippen molar-refractivity contribution in [1.82, 2.24) is 10.0 Å². The van der Waals surface area contributed by atoms with Crippen LogP contribution in [-0.2, 0) is 21.2 Å². The van der Waals surface area contributed by atoms with E-state index in [1.807, 2.05) is 58.0 Å². The predicted octanol–water partition coefficient (Wildman–Crippen LogP) is 3.90. The highest BCUT2D eigenvalue weighted by atomic mass is 32.2. The van der Waals surface area contributed by atoms with Gasteiger partial charge in [-0.3, -0.25) is 4.79 Å². The van der Waals surface area contributed by atoms with Crippen molar-refractivity contribution in [3.63, 3.8) is 0 Å². The number of nitrogens with one attached hydrogen (secondary N) is 2. The molecule has 6 nitrogen and oxygen atoms in total. The summed E-state index contributed by atoms with van der Waals surface area (Å²) in [7, 11) is -3.63. The van der Waals surface area contributed by atoms with Gasteiger partial charge in [-0.25, -0.2) is 13.1 Å². The number of rotatable bonds is 11. The maximum atomic E-state index is 12.5. The second-order valence-corrected chi connectivity index (χ2v) is 9.97. The van der Waals surface area contributed by atoms with Crippen molar-refractivity contribution in [2.75, 3.05) is 6.54 Å². The largest absolute Gasteiger partial charge is 0.491 e. The average molecular weight is 447 g/mol. The summed E-state index contributed by atoms with van der Waals surface area (Å²) in [6.07, 6.45) is 1.87. The fourth-order valence-electron chi connectivity index (χ4n) is 3.29. The zero-order valence-corrected chi connectivity index (χ0v) is 19.9. The van der Waals surface area contributed by atoms with Crippen molar-refractivity contribution in [2.45, 2.75) is 70.9 Å². The third-order valence-corrected chi connectivity index (χ3v) is 6.45. The lowest BCUT2D eigenvalue weighted by Crippen LogP contribution is -2.35. The van der Waals surface area contributed by atoms with Crippen LogP contribution in [0, 0.1) is 13.8 Å². The van der Waals surface area contributed by atoms with E-state index in [2.05, 4.69) is 10.0 Å². The molecule has 0 heterocycles. The summed E-state index contributed by atoms with van der Waals surface area (Å²) in [6, 6.07) is 13.2. The molecule has 170 valence electrons. The summed E-state index contributed by atoms with van der Waals surface area (Å²) >= 11 is 0. The van der Waals surface area contributed by atoms with E-state index < -0.39 is 10.0 Å². The van der Waals surface area contributed by atoms with Crippen LogP contribution in [0.15, 0.2) is 47.4 Å². The van der Waals surface area contributed by atoms with E-state index in [9.17, 15) is 13.2 Å². The number of benzene rings is 2. The molecule has 0 saturated carbocycles. The van der Waals surface area contributed by atoms with Crippen molar-refractivity contribution in [3.05, 3.63) is 59.2 Å². The van der Waals surface area contributed by atoms with Crippen LogP contribution in [0.25, 0.3) is 0 Å². The molecule has 0 radical (unpaired) electrons. The summed E-state index contributed by atoms with van der Waals surface area (Å²) < 4.78 is 33.1. The van der Waals surface area contributed by atoms with Crippen molar-refractivity contribution < 1.29 is 17.9 Å². The number of amides is 1. The highest BCUT2D eigenvalue weighted by molar-refractivity contribution is 7.89. The number of carbonyl (C=O) groups excluding carboxylic acids is 1. The van der Waals surface area contributed by atoms with Gasteiger partial charge in [0.2, 0.25) is 15.9 Å². The molecule has 0 fully saturated rings. The van der Waals surface area contributed by atoms with E-state index in [-0.39, 0.29) is 35.9 Å². The van der Waals surface area contributed by atoms with E-state index in [0.29, 0.717) is 5.56 Å². The minimum absolute atomic E-state index is 0.00459. The van der Waals surface area contributed by atoms with Gasteiger partial charge in [0.25, 0.3) is 0 Å². The zero-order valence-electron chi connectivity index (χ0n) is 19.1. The van der Waals surface area contributed by atoms with Crippen LogP contribution >= 0.6 is 0 Å². The van der Waals surface area contributed by atoms with Crippen molar-refractivity contribution in [3.8, 4) is 5.75 Å². The third kappa shape index (κ3) is 8.34. The van der Waals surface area contributed by atoms with Crippen LogP contribution in [0.5, 0.6) is 5.75 Å². The Balaban J connectivity index is 1.74. The van der Waals surface area contributed by atoms with E-state index in [0.717, 1.165) is 24.2 Å². The molecule has 1 amide bonds. The van der Waals surface area contributed by atoms with Gasteiger partial charge >= 0.3 is 0 Å². The van der Waals surface area contributed by atoms with Gasteiger partial charge in [-0.1, -0.05) is 29.8 Å². The lowest BCUT2D eigenvalue weighted by atomic mass is 10.1. The normalized spacial score (nSPS) is 12.6. The van der Waals surface area contributed by atoms with Crippen molar-refractivity contribution >= 4 is 15.9 Å². The van der Waals surface area contributed by atoms with E-state index >= 15 is 0 Å². The van der Waals surface area contributed by atoms with Gasteiger partial charge in [-0.05, 0) is 76.8 Å². The number of sulfonamides is 1. The highest BCUT2D eigenvalue weighted by Gasteiger charge is 2.17. The van der Waals surface area contributed by atoms with Crippen LogP contribution in [0.3, 0.4) is 0 Å². The molecule has 0 aliphatic rings. The summed E-state index contributed by atoms with van der Waals surface area (Å²) in [5.74, 6) is 0.680. The Kier molecular flexibility index (Phi) is 9.07. The fourth-order valence-corrected chi connectivity index (χ4v) is 4.54. The van der Waals surface area contributed by atoms with Gasteiger partial charge in [0.1, 0.15) is 5.75 Å². The molecule has 2 rings (SSSR count). The van der Waals surface area contributed by atoms with Crippen LogP contribution in [0.1, 0.15) is 50.3 Å². The Bertz CT molecular complexity index is 970. The van der Waals surface area contributed by atoms with E-state index in [1.54, 1.807) is 19.1 Å². The topological polar surface area (TPSA) is 84.5 Å². The molecule has 0 aliphatic carbocycles. The van der Waals surface area contributed by atoms with Gasteiger partial charge in [0.15, 0.2) is 0 Å².